The standard InChI is InChI=1S/C11H15N3O2/c1-8-11(13-5-4-12-8)14-6-2-3-9(14)7-10(15)16/h4-5,9H,2-3,6-7H2,1H3,(H,15,16). The number of hydrogen-bond acceptors (Lipinski definition) is 4. The van der Waals surface area contributed by atoms with Crippen molar-refractivity contribution in [2.24, 2.45) is 0 Å². The second kappa shape index (κ2) is 4.47. The van der Waals surface area contributed by atoms with Crippen molar-refractivity contribution in [2.45, 2.75) is 32.2 Å². The lowest BCUT2D eigenvalue weighted by atomic mass is 10.1. The lowest BCUT2D eigenvalue weighted by Gasteiger charge is -2.25. The van der Waals surface area contributed by atoms with Gasteiger partial charge >= 0.3 is 5.97 Å². The van der Waals surface area contributed by atoms with Gasteiger partial charge in [0.05, 0.1) is 12.1 Å². The Bertz CT molecular complexity index is 395. The van der Waals surface area contributed by atoms with Crippen molar-refractivity contribution >= 4 is 11.8 Å². The van der Waals surface area contributed by atoms with Crippen molar-refractivity contribution in [3.8, 4) is 0 Å². The van der Waals surface area contributed by atoms with Crippen LogP contribution in [-0.4, -0.2) is 33.6 Å². The zero-order valence-corrected chi connectivity index (χ0v) is 9.26. The minimum Gasteiger partial charge on any atom is -0.481 e. The van der Waals surface area contributed by atoms with Crippen LogP contribution in [0, 0.1) is 6.92 Å². The number of nitrogens with zero attached hydrogens (tertiary/aromatic N) is 3. The van der Waals surface area contributed by atoms with Crippen molar-refractivity contribution in [1.29, 1.82) is 0 Å². The summed E-state index contributed by atoms with van der Waals surface area (Å²) in [6, 6.07) is 0.0629. The minimum atomic E-state index is -0.751. The van der Waals surface area contributed by atoms with Crippen LogP contribution < -0.4 is 4.90 Å². The summed E-state index contributed by atoms with van der Waals surface area (Å²) in [6.45, 7) is 2.77. The molecule has 1 aromatic rings. The van der Waals surface area contributed by atoms with Crippen molar-refractivity contribution < 1.29 is 9.90 Å². The third-order valence-electron chi connectivity index (χ3n) is 2.91. The summed E-state index contributed by atoms with van der Waals surface area (Å²) in [7, 11) is 0. The molecule has 1 fully saturated rings. The Morgan fingerprint density at radius 3 is 3.00 bits per heavy atom. The highest BCUT2D eigenvalue weighted by molar-refractivity contribution is 5.68. The van der Waals surface area contributed by atoms with Gasteiger partial charge in [-0.25, -0.2) is 4.98 Å². The first-order chi connectivity index (χ1) is 7.68. The molecule has 86 valence electrons. The molecule has 0 saturated carbocycles. The number of aliphatic carboxylic acids is 1. The first-order valence-corrected chi connectivity index (χ1v) is 5.44. The zero-order chi connectivity index (χ0) is 11.5. The van der Waals surface area contributed by atoms with E-state index in [1.54, 1.807) is 12.4 Å². The summed E-state index contributed by atoms with van der Waals surface area (Å²) < 4.78 is 0. The number of carboxylic acids is 1. The SMILES string of the molecule is Cc1nccnc1N1CCCC1CC(=O)O. The smallest absolute Gasteiger partial charge is 0.305 e. The summed E-state index contributed by atoms with van der Waals surface area (Å²) >= 11 is 0. The Balaban J connectivity index is 2.20. The second-order valence-corrected chi connectivity index (χ2v) is 4.05. The first kappa shape index (κ1) is 10.9. The molecule has 5 heteroatoms. The van der Waals surface area contributed by atoms with Gasteiger partial charge in [-0.15, -0.1) is 0 Å². The van der Waals surface area contributed by atoms with E-state index in [1.165, 1.54) is 0 Å². The Hall–Kier alpha value is -1.65. The van der Waals surface area contributed by atoms with Crippen molar-refractivity contribution in [3.63, 3.8) is 0 Å². The van der Waals surface area contributed by atoms with E-state index in [4.69, 9.17) is 5.11 Å². The molecule has 1 aliphatic heterocycles. The summed E-state index contributed by atoms with van der Waals surface area (Å²) in [4.78, 5) is 21.3. The fourth-order valence-electron chi connectivity index (χ4n) is 2.21. The number of aromatic nitrogens is 2. The normalized spacial score (nSPS) is 20.1. The lowest BCUT2D eigenvalue weighted by molar-refractivity contribution is -0.137. The molecule has 0 aliphatic carbocycles. The highest BCUT2D eigenvalue weighted by Crippen LogP contribution is 2.26. The van der Waals surface area contributed by atoms with E-state index in [1.807, 2.05) is 6.92 Å². The van der Waals surface area contributed by atoms with Crippen LogP contribution in [0.3, 0.4) is 0 Å². The maximum Gasteiger partial charge on any atom is 0.305 e. The molecule has 0 radical (unpaired) electrons. The van der Waals surface area contributed by atoms with Crippen molar-refractivity contribution in [3.05, 3.63) is 18.1 Å². The topological polar surface area (TPSA) is 66.3 Å². The fraction of sp³-hybridized carbons (Fsp3) is 0.545. The van der Waals surface area contributed by atoms with Crippen LogP contribution in [0.25, 0.3) is 0 Å². The lowest BCUT2D eigenvalue weighted by Crippen LogP contribution is -2.32. The van der Waals surface area contributed by atoms with Crippen LogP contribution >= 0.6 is 0 Å². The number of anilines is 1. The maximum absolute atomic E-state index is 10.8. The molecule has 1 saturated heterocycles. The summed E-state index contributed by atoms with van der Waals surface area (Å²) in [6.07, 6.45) is 5.42. The molecule has 1 unspecified atom stereocenters. The van der Waals surface area contributed by atoms with Crippen LogP contribution in [0.5, 0.6) is 0 Å². The highest BCUT2D eigenvalue weighted by Gasteiger charge is 2.28. The number of hydrogen-bond donors (Lipinski definition) is 1. The Labute approximate surface area is 94.1 Å². The van der Waals surface area contributed by atoms with Crippen LogP contribution in [-0.2, 0) is 4.79 Å². The molecule has 1 aliphatic rings. The Kier molecular flexibility index (Phi) is 3.03. The Morgan fingerprint density at radius 1 is 1.56 bits per heavy atom. The van der Waals surface area contributed by atoms with Gasteiger partial charge in [0.2, 0.25) is 0 Å². The quantitative estimate of drug-likeness (QED) is 0.831. The number of carbonyl (C=O) groups is 1. The zero-order valence-electron chi connectivity index (χ0n) is 9.26. The van der Waals surface area contributed by atoms with Crippen LogP contribution in [0.1, 0.15) is 25.0 Å². The van der Waals surface area contributed by atoms with E-state index in [2.05, 4.69) is 14.9 Å². The van der Waals surface area contributed by atoms with E-state index in [0.717, 1.165) is 30.9 Å². The number of aryl methyl sites for hydroxylation is 1. The molecular weight excluding hydrogens is 206 g/mol. The van der Waals surface area contributed by atoms with Crippen LogP contribution in [0.15, 0.2) is 12.4 Å². The third-order valence-corrected chi connectivity index (χ3v) is 2.91. The van der Waals surface area contributed by atoms with Crippen molar-refractivity contribution in [1.82, 2.24) is 9.97 Å². The molecule has 2 heterocycles. The van der Waals surface area contributed by atoms with Gasteiger partial charge in [0.15, 0.2) is 0 Å². The monoisotopic (exact) mass is 221 g/mol. The third kappa shape index (κ3) is 2.13. The summed E-state index contributed by atoms with van der Waals surface area (Å²) in [5.41, 5.74) is 0.861. The van der Waals surface area contributed by atoms with Gasteiger partial charge in [-0.2, -0.15) is 0 Å². The van der Waals surface area contributed by atoms with Gasteiger partial charge in [-0.1, -0.05) is 0 Å². The molecule has 1 atom stereocenters. The minimum absolute atomic E-state index is 0.0629. The Morgan fingerprint density at radius 2 is 2.31 bits per heavy atom. The average Bonchev–Trinajstić information content (AvgIpc) is 2.66. The van der Waals surface area contributed by atoms with Crippen LogP contribution in [0.2, 0.25) is 0 Å². The average molecular weight is 221 g/mol. The van der Waals surface area contributed by atoms with Gasteiger partial charge < -0.3 is 10.0 Å². The first-order valence-electron chi connectivity index (χ1n) is 5.44. The second-order valence-electron chi connectivity index (χ2n) is 4.05. The number of rotatable bonds is 3. The molecule has 0 aromatic carbocycles. The van der Waals surface area contributed by atoms with Gasteiger partial charge in [0.25, 0.3) is 0 Å². The van der Waals surface area contributed by atoms with Gasteiger partial charge in [0.1, 0.15) is 5.82 Å². The van der Waals surface area contributed by atoms with Crippen molar-refractivity contribution in [2.75, 3.05) is 11.4 Å². The maximum atomic E-state index is 10.8. The fourth-order valence-corrected chi connectivity index (χ4v) is 2.21. The largest absolute Gasteiger partial charge is 0.481 e. The van der Waals surface area contributed by atoms with Gasteiger partial charge in [0, 0.05) is 25.0 Å². The molecule has 5 nitrogen and oxygen atoms in total. The molecular formula is C11H15N3O2. The molecule has 16 heavy (non-hydrogen) atoms. The molecule has 1 aromatic heterocycles. The van der Waals surface area contributed by atoms with Crippen LogP contribution in [0.4, 0.5) is 5.82 Å². The summed E-state index contributed by atoms with van der Waals surface area (Å²) in [5, 5.41) is 8.85. The molecule has 0 bridgehead atoms. The summed E-state index contributed by atoms with van der Waals surface area (Å²) in [5.74, 6) is 0.0738. The molecule has 0 amide bonds. The predicted octanol–water partition coefficient (Wildman–Crippen LogP) is 1.23. The molecule has 1 N–H and O–H groups in total. The van der Waals surface area contributed by atoms with Gasteiger partial charge in [-0.3, -0.25) is 9.78 Å². The van der Waals surface area contributed by atoms with Gasteiger partial charge in [-0.05, 0) is 19.8 Å². The molecule has 2 rings (SSSR count). The number of carboxylic acid groups (broad SMARTS) is 1. The van der Waals surface area contributed by atoms with E-state index in [0.29, 0.717) is 0 Å². The highest BCUT2D eigenvalue weighted by atomic mass is 16.4. The van der Waals surface area contributed by atoms with E-state index >= 15 is 0 Å². The van der Waals surface area contributed by atoms with E-state index in [9.17, 15) is 4.79 Å². The molecule has 0 spiro atoms. The van der Waals surface area contributed by atoms with E-state index in [-0.39, 0.29) is 12.5 Å². The predicted molar refractivity (Wildman–Crippen MR) is 59.4 cm³/mol. The van der Waals surface area contributed by atoms with E-state index < -0.39 is 5.97 Å².